The summed E-state index contributed by atoms with van der Waals surface area (Å²) in [6, 6.07) is 11.2. The predicted molar refractivity (Wildman–Crippen MR) is 102 cm³/mol. The molecule has 0 fully saturated rings. The maximum absolute atomic E-state index is 12.9. The van der Waals surface area contributed by atoms with Crippen molar-refractivity contribution in [1.29, 1.82) is 0 Å². The quantitative estimate of drug-likeness (QED) is 0.554. The summed E-state index contributed by atoms with van der Waals surface area (Å²) in [5, 5.41) is 0. The number of thiazole rings is 1. The minimum atomic E-state index is -0.0903. The number of fused-ring (bicyclic) bond motifs is 3. The number of hydrogen-bond donors (Lipinski definition) is 0. The Bertz CT molecular complexity index is 1200. The molecule has 4 aromatic rings. The van der Waals surface area contributed by atoms with Crippen LogP contribution in [0.3, 0.4) is 0 Å². The Kier molecular flexibility index (Phi) is 4.00. The third-order valence-electron chi connectivity index (χ3n) is 4.13. The van der Waals surface area contributed by atoms with Crippen molar-refractivity contribution in [3.05, 3.63) is 56.8 Å². The molecule has 2 heterocycles. The fourth-order valence-electron chi connectivity index (χ4n) is 2.95. The lowest BCUT2D eigenvalue weighted by atomic mass is 10.1. The summed E-state index contributed by atoms with van der Waals surface area (Å²) in [5.41, 5.74) is 2.32. The SMILES string of the molecule is COc1cc(/C=c2/sc3nc4ccccc4n3c2=O)cc(OC)c1OC. The van der Waals surface area contributed by atoms with Crippen LogP contribution in [-0.2, 0) is 0 Å². The third kappa shape index (κ3) is 2.48. The van der Waals surface area contributed by atoms with E-state index >= 15 is 0 Å². The zero-order chi connectivity index (χ0) is 18.3. The van der Waals surface area contributed by atoms with Crippen molar-refractivity contribution >= 4 is 33.4 Å². The Hall–Kier alpha value is -3.06. The fourth-order valence-corrected chi connectivity index (χ4v) is 3.93. The van der Waals surface area contributed by atoms with Gasteiger partial charge in [0.25, 0.3) is 5.56 Å². The summed E-state index contributed by atoms with van der Waals surface area (Å²) >= 11 is 1.35. The van der Waals surface area contributed by atoms with Gasteiger partial charge >= 0.3 is 0 Å². The second-order valence-electron chi connectivity index (χ2n) is 5.59. The fraction of sp³-hybridized carbons (Fsp3) is 0.158. The summed E-state index contributed by atoms with van der Waals surface area (Å²) < 4.78 is 18.3. The van der Waals surface area contributed by atoms with Crippen molar-refractivity contribution in [3.8, 4) is 17.2 Å². The van der Waals surface area contributed by atoms with E-state index in [-0.39, 0.29) is 5.56 Å². The number of methoxy groups -OCH3 is 3. The molecule has 0 amide bonds. The highest BCUT2D eigenvalue weighted by Crippen LogP contribution is 2.38. The van der Waals surface area contributed by atoms with Crippen LogP contribution < -0.4 is 24.3 Å². The molecule has 0 spiro atoms. The topological polar surface area (TPSA) is 62.1 Å². The molecule has 2 aromatic heterocycles. The summed E-state index contributed by atoms with van der Waals surface area (Å²) in [5.74, 6) is 1.59. The number of hydrogen-bond acceptors (Lipinski definition) is 6. The van der Waals surface area contributed by atoms with E-state index in [0.717, 1.165) is 16.6 Å². The molecule has 7 heteroatoms. The Morgan fingerprint density at radius 3 is 2.38 bits per heavy atom. The maximum atomic E-state index is 12.9. The molecule has 0 bridgehead atoms. The highest BCUT2D eigenvalue weighted by molar-refractivity contribution is 7.15. The van der Waals surface area contributed by atoms with Crippen molar-refractivity contribution in [2.75, 3.05) is 21.3 Å². The van der Waals surface area contributed by atoms with Crippen LogP contribution in [0.4, 0.5) is 0 Å². The van der Waals surface area contributed by atoms with Crippen molar-refractivity contribution in [3.63, 3.8) is 0 Å². The molecule has 0 radical (unpaired) electrons. The molecular formula is C19H16N2O4S. The van der Waals surface area contributed by atoms with E-state index in [4.69, 9.17) is 14.2 Å². The van der Waals surface area contributed by atoms with Crippen LogP contribution in [0.25, 0.3) is 22.1 Å². The molecule has 2 aromatic carbocycles. The first-order valence-corrected chi connectivity index (χ1v) is 8.69. The van der Waals surface area contributed by atoms with Gasteiger partial charge in [-0.2, -0.15) is 0 Å². The highest BCUT2D eigenvalue weighted by atomic mass is 32.1. The number of aromatic nitrogens is 2. The molecule has 0 unspecified atom stereocenters. The van der Waals surface area contributed by atoms with Gasteiger partial charge in [0.15, 0.2) is 16.5 Å². The van der Waals surface area contributed by atoms with Crippen molar-refractivity contribution < 1.29 is 14.2 Å². The molecule has 0 saturated heterocycles. The molecule has 6 nitrogen and oxygen atoms in total. The number of para-hydroxylation sites is 2. The number of nitrogens with zero attached hydrogens (tertiary/aromatic N) is 2. The van der Waals surface area contributed by atoms with E-state index in [0.29, 0.717) is 26.7 Å². The van der Waals surface area contributed by atoms with Gasteiger partial charge in [0.2, 0.25) is 5.75 Å². The molecule has 0 N–H and O–H groups in total. The lowest BCUT2D eigenvalue weighted by Crippen LogP contribution is -2.22. The van der Waals surface area contributed by atoms with E-state index in [2.05, 4.69) is 4.98 Å². The standard InChI is InChI=1S/C19H16N2O4S/c1-23-14-8-11(9-15(24-2)17(14)25-3)10-16-18(22)21-13-7-5-4-6-12(13)20-19(21)26-16/h4-10H,1-3H3/b16-10+. The van der Waals surface area contributed by atoms with Gasteiger partial charge in [-0.1, -0.05) is 23.5 Å². The zero-order valence-electron chi connectivity index (χ0n) is 14.5. The van der Waals surface area contributed by atoms with Gasteiger partial charge in [-0.15, -0.1) is 0 Å². The monoisotopic (exact) mass is 368 g/mol. The van der Waals surface area contributed by atoms with Gasteiger partial charge in [-0.25, -0.2) is 9.38 Å². The van der Waals surface area contributed by atoms with Crippen LogP contribution in [0.1, 0.15) is 5.56 Å². The Morgan fingerprint density at radius 1 is 1.04 bits per heavy atom. The largest absolute Gasteiger partial charge is 0.493 e. The smallest absolute Gasteiger partial charge is 0.274 e. The van der Waals surface area contributed by atoms with Crippen molar-refractivity contribution in [2.24, 2.45) is 0 Å². The van der Waals surface area contributed by atoms with Gasteiger partial charge in [0.05, 0.1) is 36.9 Å². The number of imidazole rings is 1. The van der Waals surface area contributed by atoms with E-state index in [9.17, 15) is 4.79 Å². The van der Waals surface area contributed by atoms with Gasteiger partial charge in [0, 0.05) is 0 Å². The minimum absolute atomic E-state index is 0.0903. The van der Waals surface area contributed by atoms with Crippen molar-refractivity contribution in [2.45, 2.75) is 0 Å². The molecular weight excluding hydrogens is 352 g/mol. The van der Waals surface area contributed by atoms with Gasteiger partial charge < -0.3 is 14.2 Å². The van der Waals surface area contributed by atoms with Crippen LogP contribution in [0, 0.1) is 0 Å². The Balaban J connectivity index is 1.94. The van der Waals surface area contributed by atoms with Crippen LogP contribution in [0.2, 0.25) is 0 Å². The number of rotatable bonds is 4. The predicted octanol–water partition coefficient (Wildman–Crippen LogP) is 2.48. The summed E-state index contributed by atoms with van der Waals surface area (Å²) in [7, 11) is 4.68. The molecule has 0 aliphatic carbocycles. The summed E-state index contributed by atoms with van der Waals surface area (Å²) in [4.78, 5) is 18.1. The average Bonchev–Trinajstić information content (AvgIpc) is 3.17. The normalized spacial score (nSPS) is 12.0. The highest BCUT2D eigenvalue weighted by Gasteiger charge is 2.14. The van der Waals surface area contributed by atoms with Crippen LogP contribution in [0.5, 0.6) is 17.2 Å². The van der Waals surface area contributed by atoms with E-state index in [1.807, 2.05) is 24.3 Å². The molecule has 4 rings (SSSR count). The van der Waals surface area contributed by atoms with Gasteiger partial charge in [-0.3, -0.25) is 4.79 Å². The van der Waals surface area contributed by atoms with Gasteiger partial charge in [0.1, 0.15) is 0 Å². The second-order valence-corrected chi connectivity index (χ2v) is 6.60. The molecule has 132 valence electrons. The first kappa shape index (κ1) is 16.4. The maximum Gasteiger partial charge on any atom is 0.274 e. The minimum Gasteiger partial charge on any atom is -0.493 e. The third-order valence-corrected chi connectivity index (χ3v) is 5.10. The summed E-state index contributed by atoms with van der Waals surface area (Å²) in [6.07, 6.45) is 1.81. The lowest BCUT2D eigenvalue weighted by Gasteiger charge is -2.12. The van der Waals surface area contributed by atoms with Crippen LogP contribution in [0.15, 0.2) is 41.2 Å². The molecule has 0 saturated carbocycles. The lowest BCUT2D eigenvalue weighted by molar-refractivity contribution is 0.324. The average molecular weight is 368 g/mol. The Labute approximate surface area is 152 Å². The second kappa shape index (κ2) is 6.34. The Morgan fingerprint density at radius 2 is 1.73 bits per heavy atom. The van der Waals surface area contributed by atoms with Crippen LogP contribution >= 0.6 is 11.3 Å². The first-order chi connectivity index (χ1) is 12.7. The molecule has 0 atom stereocenters. The molecule has 0 aliphatic rings. The van der Waals surface area contributed by atoms with E-state index in [1.165, 1.54) is 11.3 Å². The van der Waals surface area contributed by atoms with Crippen LogP contribution in [-0.4, -0.2) is 30.7 Å². The zero-order valence-corrected chi connectivity index (χ0v) is 15.3. The molecule has 26 heavy (non-hydrogen) atoms. The van der Waals surface area contributed by atoms with E-state index < -0.39 is 0 Å². The summed E-state index contributed by atoms with van der Waals surface area (Å²) in [6.45, 7) is 0. The van der Waals surface area contributed by atoms with Crippen molar-refractivity contribution in [1.82, 2.24) is 9.38 Å². The first-order valence-electron chi connectivity index (χ1n) is 7.88. The number of ether oxygens (including phenoxy) is 3. The number of benzene rings is 2. The molecule has 0 aliphatic heterocycles. The van der Waals surface area contributed by atoms with Gasteiger partial charge in [-0.05, 0) is 35.9 Å². The van der Waals surface area contributed by atoms with E-state index in [1.54, 1.807) is 43.9 Å².